The summed E-state index contributed by atoms with van der Waals surface area (Å²) >= 11 is 0. The zero-order valence-electron chi connectivity index (χ0n) is 9.18. The Labute approximate surface area is 93.5 Å². The number of hydrogen-bond donors (Lipinski definition) is 0. The molecule has 0 fully saturated rings. The molecule has 0 saturated heterocycles. The molecule has 0 atom stereocenters. The lowest BCUT2D eigenvalue weighted by molar-refractivity contribution is -0.186. The van der Waals surface area contributed by atoms with Gasteiger partial charge in [0.2, 0.25) is 0 Å². The van der Waals surface area contributed by atoms with Crippen molar-refractivity contribution in [3.8, 4) is 0 Å². The highest BCUT2D eigenvalue weighted by Gasteiger charge is 2.29. The summed E-state index contributed by atoms with van der Waals surface area (Å²) in [6.07, 6.45) is 1.74. The number of carbonyl (C=O) groups excluding carboxylic acids is 1. The Hall–Kier alpha value is -1.00. The van der Waals surface area contributed by atoms with Gasteiger partial charge in [0.1, 0.15) is 0 Å². The van der Waals surface area contributed by atoms with Gasteiger partial charge in [-0.05, 0) is 19.3 Å². The monoisotopic (exact) mass is 238 g/mol. The van der Waals surface area contributed by atoms with Crippen LogP contribution in [0.3, 0.4) is 0 Å². The second kappa shape index (κ2) is 8.19. The molecule has 0 bridgehead atoms. The van der Waals surface area contributed by atoms with Gasteiger partial charge in [-0.25, -0.2) is 0 Å². The first-order valence-corrected chi connectivity index (χ1v) is 5.29. The van der Waals surface area contributed by atoms with Gasteiger partial charge in [-0.1, -0.05) is 18.9 Å². The molecule has 0 aliphatic rings. The molecule has 0 rings (SSSR count). The minimum Gasteiger partial charge on any atom is -0.456 e. The number of allylic oxidation sites excluding steroid dienone is 1. The Morgan fingerprint density at radius 1 is 1.19 bits per heavy atom. The number of unbranched alkanes of at least 4 members (excludes halogenated alkanes) is 4. The minimum absolute atomic E-state index is 0.0597. The van der Waals surface area contributed by atoms with Crippen LogP contribution in [0.1, 0.15) is 38.5 Å². The quantitative estimate of drug-likeness (QED) is 0.367. The van der Waals surface area contributed by atoms with Crippen molar-refractivity contribution in [2.75, 3.05) is 6.61 Å². The molecule has 0 N–H and O–H groups in total. The van der Waals surface area contributed by atoms with E-state index in [9.17, 15) is 18.0 Å². The van der Waals surface area contributed by atoms with Crippen molar-refractivity contribution < 1.29 is 22.7 Å². The maximum absolute atomic E-state index is 11.7. The maximum atomic E-state index is 11.7. The molecule has 16 heavy (non-hydrogen) atoms. The van der Waals surface area contributed by atoms with Crippen molar-refractivity contribution in [3.63, 3.8) is 0 Å². The summed E-state index contributed by atoms with van der Waals surface area (Å²) in [7, 11) is 0. The highest BCUT2D eigenvalue weighted by molar-refractivity contribution is 5.69. The maximum Gasteiger partial charge on any atom is 0.422 e. The van der Waals surface area contributed by atoms with Gasteiger partial charge in [0.05, 0.1) is 0 Å². The fraction of sp³-hybridized carbons (Fsp3) is 0.727. The third-order valence-corrected chi connectivity index (χ3v) is 1.94. The smallest absolute Gasteiger partial charge is 0.422 e. The van der Waals surface area contributed by atoms with Crippen molar-refractivity contribution in [2.24, 2.45) is 0 Å². The Kier molecular flexibility index (Phi) is 7.68. The van der Waals surface area contributed by atoms with E-state index in [-0.39, 0.29) is 6.42 Å². The average molecular weight is 238 g/mol. The summed E-state index contributed by atoms with van der Waals surface area (Å²) in [5.74, 6) is -0.777. The molecular formula is C11H17F3O2. The van der Waals surface area contributed by atoms with E-state index < -0.39 is 18.8 Å². The third-order valence-electron chi connectivity index (χ3n) is 1.94. The Bertz CT molecular complexity index is 212. The first kappa shape index (κ1) is 15.0. The third kappa shape index (κ3) is 11.1. The first-order valence-electron chi connectivity index (χ1n) is 5.29. The molecule has 0 aliphatic carbocycles. The minimum atomic E-state index is -4.43. The highest BCUT2D eigenvalue weighted by Crippen LogP contribution is 2.15. The standard InChI is InChI=1S/C11H17F3O2/c1-2-3-4-5-6-7-8-10(15)16-9-11(12,13)14/h2H,1,3-9H2. The van der Waals surface area contributed by atoms with Gasteiger partial charge in [0.25, 0.3) is 0 Å². The van der Waals surface area contributed by atoms with Crippen LogP contribution in [0.15, 0.2) is 12.7 Å². The van der Waals surface area contributed by atoms with Crippen LogP contribution in [-0.2, 0) is 9.53 Å². The number of esters is 1. The van der Waals surface area contributed by atoms with Gasteiger partial charge in [-0.3, -0.25) is 4.79 Å². The normalized spacial score (nSPS) is 11.2. The lowest BCUT2D eigenvalue weighted by Gasteiger charge is -2.07. The number of ether oxygens (including phenoxy) is 1. The molecule has 2 nitrogen and oxygen atoms in total. The molecule has 0 aromatic rings. The molecule has 0 aromatic heterocycles. The zero-order chi connectivity index (χ0) is 12.4. The van der Waals surface area contributed by atoms with Crippen molar-refractivity contribution >= 4 is 5.97 Å². The molecule has 0 spiro atoms. The van der Waals surface area contributed by atoms with E-state index in [0.29, 0.717) is 6.42 Å². The first-order chi connectivity index (χ1) is 7.45. The van der Waals surface area contributed by atoms with Crippen molar-refractivity contribution in [1.82, 2.24) is 0 Å². The molecule has 0 aliphatic heterocycles. The number of halogens is 3. The predicted molar refractivity (Wildman–Crippen MR) is 54.9 cm³/mol. The molecule has 0 amide bonds. The molecular weight excluding hydrogens is 221 g/mol. The van der Waals surface area contributed by atoms with Crippen LogP contribution in [0.4, 0.5) is 13.2 Å². The molecule has 0 heterocycles. The Balaban J connectivity index is 3.34. The van der Waals surface area contributed by atoms with E-state index in [2.05, 4.69) is 11.3 Å². The zero-order valence-corrected chi connectivity index (χ0v) is 9.18. The Morgan fingerprint density at radius 2 is 1.81 bits per heavy atom. The number of alkyl halides is 3. The summed E-state index contributed by atoms with van der Waals surface area (Å²) in [6, 6.07) is 0. The molecule has 0 radical (unpaired) electrons. The van der Waals surface area contributed by atoms with Gasteiger partial charge >= 0.3 is 12.1 Å². The van der Waals surface area contributed by atoms with Crippen molar-refractivity contribution in [2.45, 2.75) is 44.7 Å². The average Bonchev–Trinajstić information content (AvgIpc) is 2.19. The van der Waals surface area contributed by atoms with Crippen LogP contribution in [-0.4, -0.2) is 18.8 Å². The lowest BCUT2D eigenvalue weighted by Crippen LogP contribution is -2.20. The number of carbonyl (C=O) groups is 1. The molecule has 0 saturated carbocycles. The topological polar surface area (TPSA) is 26.3 Å². The van der Waals surface area contributed by atoms with Gasteiger partial charge in [0, 0.05) is 6.42 Å². The van der Waals surface area contributed by atoms with Crippen LogP contribution in [0.25, 0.3) is 0 Å². The lowest BCUT2D eigenvalue weighted by atomic mass is 10.1. The molecule has 94 valence electrons. The van der Waals surface area contributed by atoms with E-state index in [1.165, 1.54) is 0 Å². The summed E-state index contributed by atoms with van der Waals surface area (Å²) in [6.45, 7) is 2.09. The summed E-state index contributed by atoms with van der Waals surface area (Å²) in [4.78, 5) is 10.8. The van der Waals surface area contributed by atoms with E-state index >= 15 is 0 Å². The molecule has 5 heteroatoms. The van der Waals surface area contributed by atoms with Crippen LogP contribution >= 0.6 is 0 Å². The summed E-state index contributed by atoms with van der Waals surface area (Å²) < 4.78 is 39.0. The van der Waals surface area contributed by atoms with E-state index in [1.54, 1.807) is 0 Å². The van der Waals surface area contributed by atoms with Crippen LogP contribution in [0.2, 0.25) is 0 Å². The van der Waals surface area contributed by atoms with Crippen LogP contribution in [0.5, 0.6) is 0 Å². The number of hydrogen-bond acceptors (Lipinski definition) is 2. The fourth-order valence-corrected chi connectivity index (χ4v) is 1.15. The second-order valence-corrected chi connectivity index (χ2v) is 3.52. The second-order valence-electron chi connectivity index (χ2n) is 3.52. The van der Waals surface area contributed by atoms with Crippen molar-refractivity contribution in [3.05, 3.63) is 12.7 Å². The van der Waals surface area contributed by atoms with Gasteiger partial charge in [-0.2, -0.15) is 13.2 Å². The van der Waals surface area contributed by atoms with Crippen molar-refractivity contribution in [1.29, 1.82) is 0 Å². The molecule has 0 unspecified atom stereocenters. The predicted octanol–water partition coefficient (Wildman–Crippen LogP) is 3.62. The van der Waals surface area contributed by atoms with Crippen LogP contribution in [0, 0.1) is 0 Å². The van der Waals surface area contributed by atoms with Gasteiger partial charge in [-0.15, -0.1) is 6.58 Å². The largest absolute Gasteiger partial charge is 0.456 e. The Morgan fingerprint density at radius 3 is 2.38 bits per heavy atom. The van der Waals surface area contributed by atoms with E-state index in [1.807, 2.05) is 6.08 Å². The highest BCUT2D eigenvalue weighted by atomic mass is 19.4. The summed E-state index contributed by atoms with van der Waals surface area (Å²) in [5, 5.41) is 0. The summed E-state index contributed by atoms with van der Waals surface area (Å²) in [5.41, 5.74) is 0. The number of rotatable bonds is 8. The van der Waals surface area contributed by atoms with Gasteiger partial charge < -0.3 is 4.74 Å². The fourth-order valence-electron chi connectivity index (χ4n) is 1.15. The van der Waals surface area contributed by atoms with Crippen LogP contribution < -0.4 is 0 Å². The van der Waals surface area contributed by atoms with E-state index in [0.717, 1.165) is 25.7 Å². The SMILES string of the molecule is C=CCCCCCCC(=O)OCC(F)(F)F. The molecule has 0 aromatic carbocycles. The van der Waals surface area contributed by atoms with Gasteiger partial charge in [0.15, 0.2) is 6.61 Å². The van der Waals surface area contributed by atoms with E-state index in [4.69, 9.17) is 0 Å².